The Balaban J connectivity index is 1.55. The van der Waals surface area contributed by atoms with Gasteiger partial charge in [0.1, 0.15) is 0 Å². The monoisotopic (exact) mass is 245 g/mol. The maximum absolute atomic E-state index is 11.8. The highest BCUT2D eigenvalue weighted by molar-refractivity contribution is 5.90. The molecule has 3 rings (SSSR count). The quantitative estimate of drug-likeness (QED) is 0.818. The Hall–Kier alpha value is -2.11. The highest BCUT2D eigenvalue weighted by Crippen LogP contribution is 2.46. The third-order valence-electron chi connectivity index (χ3n) is 3.35. The van der Waals surface area contributed by atoms with Gasteiger partial charge in [-0.3, -0.25) is 9.48 Å². The van der Waals surface area contributed by atoms with Crippen LogP contribution < -0.4 is 5.32 Å². The van der Waals surface area contributed by atoms with Gasteiger partial charge in [0.15, 0.2) is 5.82 Å². The average Bonchev–Trinajstić information content (AvgIpc) is 2.84. The molecule has 0 saturated heterocycles. The fourth-order valence-corrected chi connectivity index (χ4v) is 2.05. The second-order valence-electron chi connectivity index (χ2n) is 4.82. The van der Waals surface area contributed by atoms with E-state index in [1.54, 1.807) is 18.6 Å². The van der Waals surface area contributed by atoms with Crippen LogP contribution in [0.4, 0.5) is 0 Å². The van der Waals surface area contributed by atoms with Crippen molar-refractivity contribution in [3.63, 3.8) is 0 Å². The zero-order valence-electron chi connectivity index (χ0n) is 9.97. The van der Waals surface area contributed by atoms with Gasteiger partial charge in [-0.05, 0) is 18.9 Å². The SMILES string of the molecule is O=C(NCC1(Cn2cccn2)CC1)c1ncc[nH]1. The second kappa shape index (κ2) is 4.29. The summed E-state index contributed by atoms with van der Waals surface area (Å²) in [6.07, 6.45) is 9.21. The lowest BCUT2D eigenvalue weighted by atomic mass is 10.1. The molecule has 6 nitrogen and oxygen atoms in total. The van der Waals surface area contributed by atoms with E-state index in [-0.39, 0.29) is 11.3 Å². The summed E-state index contributed by atoms with van der Waals surface area (Å²) in [5.41, 5.74) is 0.175. The largest absolute Gasteiger partial charge is 0.349 e. The molecule has 94 valence electrons. The van der Waals surface area contributed by atoms with E-state index in [1.165, 1.54) is 0 Å². The van der Waals surface area contributed by atoms with Crippen LogP contribution in [0.25, 0.3) is 0 Å². The minimum atomic E-state index is -0.147. The molecule has 1 amide bonds. The summed E-state index contributed by atoms with van der Waals surface area (Å²) in [6, 6.07) is 1.91. The molecule has 1 aliphatic carbocycles. The van der Waals surface area contributed by atoms with Crippen molar-refractivity contribution in [1.29, 1.82) is 0 Å². The van der Waals surface area contributed by atoms with Crippen LogP contribution in [-0.2, 0) is 6.54 Å². The minimum absolute atomic E-state index is 0.147. The van der Waals surface area contributed by atoms with E-state index in [0.29, 0.717) is 12.4 Å². The van der Waals surface area contributed by atoms with Crippen molar-refractivity contribution in [2.45, 2.75) is 19.4 Å². The van der Waals surface area contributed by atoms with E-state index in [2.05, 4.69) is 20.4 Å². The number of H-pyrrole nitrogens is 1. The van der Waals surface area contributed by atoms with E-state index in [9.17, 15) is 4.79 Å². The Kier molecular flexibility index (Phi) is 2.62. The number of aromatic nitrogens is 4. The average molecular weight is 245 g/mol. The van der Waals surface area contributed by atoms with E-state index in [4.69, 9.17) is 0 Å². The molecule has 2 aromatic rings. The van der Waals surface area contributed by atoms with E-state index in [1.807, 2.05) is 16.9 Å². The first-order chi connectivity index (χ1) is 8.77. The lowest BCUT2D eigenvalue weighted by Gasteiger charge is -2.15. The standard InChI is InChI=1S/C12H15N5O/c18-11(10-13-5-6-14-10)15-8-12(2-3-12)9-17-7-1-4-16-17/h1,4-7H,2-3,8-9H2,(H,13,14)(H,15,18). The van der Waals surface area contributed by atoms with Crippen LogP contribution >= 0.6 is 0 Å². The van der Waals surface area contributed by atoms with Crippen LogP contribution in [0.2, 0.25) is 0 Å². The number of carbonyl (C=O) groups excluding carboxylic acids is 1. The molecule has 18 heavy (non-hydrogen) atoms. The molecule has 2 heterocycles. The van der Waals surface area contributed by atoms with Crippen molar-refractivity contribution in [3.05, 3.63) is 36.7 Å². The van der Waals surface area contributed by atoms with Gasteiger partial charge in [-0.2, -0.15) is 5.10 Å². The summed E-state index contributed by atoms with van der Waals surface area (Å²) in [6.45, 7) is 1.53. The zero-order valence-corrected chi connectivity index (χ0v) is 9.97. The van der Waals surface area contributed by atoms with Crippen LogP contribution in [0.15, 0.2) is 30.9 Å². The molecule has 0 atom stereocenters. The van der Waals surface area contributed by atoms with Crippen LogP contribution in [-0.4, -0.2) is 32.2 Å². The molecule has 1 aliphatic rings. The van der Waals surface area contributed by atoms with Crippen molar-refractivity contribution in [3.8, 4) is 0 Å². The summed E-state index contributed by atoms with van der Waals surface area (Å²) < 4.78 is 1.92. The Bertz CT molecular complexity index is 513. The second-order valence-corrected chi connectivity index (χ2v) is 4.82. The Morgan fingerprint density at radius 2 is 2.39 bits per heavy atom. The molecule has 2 N–H and O–H groups in total. The number of hydrogen-bond acceptors (Lipinski definition) is 3. The van der Waals surface area contributed by atoms with Gasteiger partial charge >= 0.3 is 0 Å². The maximum Gasteiger partial charge on any atom is 0.287 e. The lowest BCUT2D eigenvalue weighted by molar-refractivity contribution is 0.0933. The van der Waals surface area contributed by atoms with E-state index in [0.717, 1.165) is 19.4 Å². The highest BCUT2D eigenvalue weighted by atomic mass is 16.2. The Morgan fingerprint density at radius 1 is 1.50 bits per heavy atom. The predicted molar refractivity (Wildman–Crippen MR) is 64.8 cm³/mol. The maximum atomic E-state index is 11.8. The van der Waals surface area contributed by atoms with Gasteiger partial charge < -0.3 is 10.3 Å². The Morgan fingerprint density at radius 3 is 3.00 bits per heavy atom. The van der Waals surface area contributed by atoms with Crippen LogP contribution in [0.3, 0.4) is 0 Å². The minimum Gasteiger partial charge on any atom is -0.349 e. The third-order valence-corrected chi connectivity index (χ3v) is 3.35. The number of amides is 1. The first-order valence-electron chi connectivity index (χ1n) is 6.02. The summed E-state index contributed by atoms with van der Waals surface area (Å²) >= 11 is 0. The van der Waals surface area contributed by atoms with Crippen molar-refractivity contribution < 1.29 is 4.79 Å². The summed E-state index contributed by atoms with van der Waals surface area (Å²) in [5, 5.41) is 7.13. The first kappa shape index (κ1) is 11.0. The van der Waals surface area contributed by atoms with Gasteiger partial charge in [0, 0.05) is 43.3 Å². The fourth-order valence-electron chi connectivity index (χ4n) is 2.05. The summed E-state index contributed by atoms with van der Waals surface area (Å²) in [5.74, 6) is 0.219. The van der Waals surface area contributed by atoms with E-state index >= 15 is 0 Å². The number of carbonyl (C=O) groups is 1. The van der Waals surface area contributed by atoms with Crippen LogP contribution in [0.5, 0.6) is 0 Å². The molecule has 0 aliphatic heterocycles. The van der Waals surface area contributed by atoms with Gasteiger partial charge in [0.05, 0.1) is 0 Å². The molecular formula is C12H15N5O. The third kappa shape index (κ3) is 2.27. The highest BCUT2D eigenvalue weighted by Gasteiger charge is 2.43. The van der Waals surface area contributed by atoms with Gasteiger partial charge in [-0.25, -0.2) is 4.98 Å². The molecule has 0 spiro atoms. The van der Waals surface area contributed by atoms with Gasteiger partial charge in [0.25, 0.3) is 5.91 Å². The molecule has 1 fully saturated rings. The molecule has 0 bridgehead atoms. The summed E-state index contributed by atoms with van der Waals surface area (Å²) in [4.78, 5) is 18.5. The van der Waals surface area contributed by atoms with Crippen LogP contribution in [0.1, 0.15) is 23.5 Å². The van der Waals surface area contributed by atoms with Gasteiger partial charge in [0.2, 0.25) is 0 Å². The molecule has 1 saturated carbocycles. The van der Waals surface area contributed by atoms with Crippen molar-refractivity contribution >= 4 is 5.91 Å². The lowest BCUT2D eigenvalue weighted by Crippen LogP contribution is -2.33. The van der Waals surface area contributed by atoms with Crippen molar-refractivity contribution in [2.75, 3.05) is 6.54 Å². The number of rotatable bonds is 5. The first-order valence-corrected chi connectivity index (χ1v) is 6.02. The molecule has 2 aromatic heterocycles. The van der Waals surface area contributed by atoms with Gasteiger partial charge in [-0.15, -0.1) is 0 Å². The molecule has 0 aromatic carbocycles. The predicted octanol–water partition coefficient (Wildman–Crippen LogP) is 0.816. The number of hydrogen-bond donors (Lipinski definition) is 2. The smallest absolute Gasteiger partial charge is 0.287 e. The Labute approximate surface area is 104 Å². The van der Waals surface area contributed by atoms with Gasteiger partial charge in [-0.1, -0.05) is 0 Å². The molecular weight excluding hydrogens is 230 g/mol. The number of imidazole rings is 1. The van der Waals surface area contributed by atoms with Crippen molar-refractivity contribution in [1.82, 2.24) is 25.1 Å². The molecule has 0 unspecified atom stereocenters. The number of aromatic amines is 1. The zero-order chi connectivity index (χ0) is 12.4. The van der Waals surface area contributed by atoms with Crippen LogP contribution in [0, 0.1) is 5.41 Å². The summed E-state index contributed by atoms with van der Waals surface area (Å²) in [7, 11) is 0. The number of nitrogens with zero attached hydrogens (tertiary/aromatic N) is 3. The molecule has 6 heteroatoms. The topological polar surface area (TPSA) is 75.6 Å². The normalized spacial score (nSPS) is 16.4. The fraction of sp³-hybridized carbons (Fsp3) is 0.417. The van der Waals surface area contributed by atoms with Crippen molar-refractivity contribution in [2.24, 2.45) is 5.41 Å². The number of nitrogens with one attached hydrogen (secondary N) is 2. The van der Waals surface area contributed by atoms with E-state index < -0.39 is 0 Å². The molecule has 0 radical (unpaired) electrons.